The summed E-state index contributed by atoms with van der Waals surface area (Å²) in [5, 5.41) is 27.2. The van der Waals surface area contributed by atoms with Gasteiger partial charge in [-0.3, -0.25) is 9.78 Å². The zero-order valence-electron chi connectivity index (χ0n) is 19.1. The molecule has 3 aromatic rings. The molecule has 0 aliphatic rings. The van der Waals surface area contributed by atoms with E-state index in [9.17, 15) is 4.79 Å². The topological polar surface area (TPSA) is 151 Å². The summed E-state index contributed by atoms with van der Waals surface area (Å²) in [6.07, 6.45) is 4.46. The standard InChI is InChI=1S/C20H23IN6OS.C2H2O4/c1-26(2)11-4-12-27-19(15-7-9-22-10-8-15)24-25-20(27)29-14-18(28)23-17-6-3-5-16(21)13-17;3-1(4)2(5)6/h3,5-10,13H,4,11-12,14H2,1-2H3,(H,23,28);(H,3,4)(H,5,6). The maximum Gasteiger partial charge on any atom is 0.414 e. The Morgan fingerprint density at radius 2 is 1.77 bits per heavy atom. The summed E-state index contributed by atoms with van der Waals surface area (Å²) >= 11 is 3.63. The van der Waals surface area contributed by atoms with Crippen molar-refractivity contribution in [3.8, 4) is 11.4 Å². The van der Waals surface area contributed by atoms with Crippen LogP contribution in [0.15, 0.2) is 53.9 Å². The van der Waals surface area contributed by atoms with Crippen molar-refractivity contribution in [2.24, 2.45) is 0 Å². The summed E-state index contributed by atoms with van der Waals surface area (Å²) in [6, 6.07) is 11.6. The first-order valence-electron chi connectivity index (χ1n) is 10.3. The molecular formula is C22H25IN6O5S. The van der Waals surface area contributed by atoms with Crippen LogP contribution < -0.4 is 5.32 Å². The fourth-order valence-corrected chi connectivity index (χ4v) is 4.06. The van der Waals surface area contributed by atoms with Crippen molar-refractivity contribution in [3.05, 3.63) is 52.4 Å². The molecule has 35 heavy (non-hydrogen) atoms. The van der Waals surface area contributed by atoms with Crippen molar-refractivity contribution in [3.63, 3.8) is 0 Å². The molecule has 0 radical (unpaired) electrons. The molecule has 3 rings (SSSR count). The second-order valence-corrected chi connectivity index (χ2v) is 9.50. The van der Waals surface area contributed by atoms with E-state index in [0.717, 1.165) is 45.3 Å². The largest absolute Gasteiger partial charge is 0.473 e. The van der Waals surface area contributed by atoms with E-state index < -0.39 is 11.9 Å². The highest BCUT2D eigenvalue weighted by molar-refractivity contribution is 14.1. The zero-order chi connectivity index (χ0) is 25.8. The molecule has 11 nitrogen and oxygen atoms in total. The molecule has 1 aromatic carbocycles. The lowest BCUT2D eigenvalue weighted by molar-refractivity contribution is -0.159. The van der Waals surface area contributed by atoms with E-state index in [1.807, 2.05) is 36.4 Å². The van der Waals surface area contributed by atoms with Gasteiger partial charge in [0.05, 0.1) is 5.75 Å². The molecule has 0 bridgehead atoms. The van der Waals surface area contributed by atoms with E-state index in [0.29, 0.717) is 0 Å². The average molecular weight is 612 g/mol. The van der Waals surface area contributed by atoms with Crippen LogP contribution in [0.2, 0.25) is 0 Å². The average Bonchev–Trinajstić information content (AvgIpc) is 3.21. The van der Waals surface area contributed by atoms with Gasteiger partial charge < -0.3 is 25.0 Å². The lowest BCUT2D eigenvalue weighted by atomic mass is 10.2. The number of halogens is 1. The molecule has 0 unspecified atom stereocenters. The molecule has 3 N–H and O–H groups in total. The smallest absolute Gasteiger partial charge is 0.414 e. The molecule has 186 valence electrons. The maximum atomic E-state index is 12.4. The summed E-state index contributed by atoms with van der Waals surface area (Å²) in [5.41, 5.74) is 1.76. The summed E-state index contributed by atoms with van der Waals surface area (Å²) in [6.45, 7) is 1.74. The molecule has 2 aromatic heterocycles. The van der Waals surface area contributed by atoms with E-state index in [1.54, 1.807) is 12.4 Å². The van der Waals surface area contributed by atoms with Crippen LogP contribution in [0, 0.1) is 3.57 Å². The van der Waals surface area contributed by atoms with Gasteiger partial charge in [0.1, 0.15) is 0 Å². The van der Waals surface area contributed by atoms with Crippen LogP contribution in [-0.4, -0.2) is 79.1 Å². The number of carbonyl (C=O) groups is 3. The number of pyridine rings is 1. The molecule has 0 aliphatic heterocycles. The van der Waals surface area contributed by atoms with Gasteiger partial charge in [-0.15, -0.1) is 10.2 Å². The third-order valence-corrected chi connectivity index (χ3v) is 5.90. The van der Waals surface area contributed by atoms with Crippen LogP contribution in [0.3, 0.4) is 0 Å². The van der Waals surface area contributed by atoms with Gasteiger partial charge >= 0.3 is 11.9 Å². The third-order valence-electron chi connectivity index (χ3n) is 4.27. The van der Waals surface area contributed by atoms with Crippen LogP contribution in [0.4, 0.5) is 5.69 Å². The number of benzene rings is 1. The minimum atomic E-state index is -1.82. The van der Waals surface area contributed by atoms with Crippen LogP contribution >= 0.6 is 34.4 Å². The number of aromatic nitrogens is 4. The Morgan fingerprint density at radius 3 is 2.37 bits per heavy atom. The highest BCUT2D eigenvalue weighted by Gasteiger charge is 2.16. The second-order valence-electron chi connectivity index (χ2n) is 7.31. The number of amides is 1. The normalized spacial score (nSPS) is 10.4. The Morgan fingerprint density at radius 1 is 1.09 bits per heavy atom. The number of rotatable bonds is 9. The number of hydrogen-bond donors (Lipinski definition) is 3. The number of anilines is 1. The van der Waals surface area contributed by atoms with Crippen molar-refractivity contribution in [2.45, 2.75) is 18.1 Å². The molecular weight excluding hydrogens is 587 g/mol. The van der Waals surface area contributed by atoms with Gasteiger partial charge in [-0.05, 0) is 80.0 Å². The maximum absolute atomic E-state index is 12.4. The molecule has 1 amide bonds. The number of carboxylic acid groups (broad SMARTS) is 2. The Balaban J connectivity index is 0.000000641. The van der Waals surface area contributed by atoms with E-state index in [2.05, 4.69) is 66.7 Å². The molecule has 0 saturated carbocycles. The van der Waals surface area contributed by atoms with Gasteiger partial charge in [0, 0.05) is 33.8 Å². The SMILES string of the molecule is CN(C)CCCn1c(SCC(=O)Nc2cccc(I)c2)nnc1-c1ccncc1.O=C(O)C(=O)O. The Hall–Kier alpha value is -3.04. The molecule has 13 heteroatoms. The predicted octanol–water partition coefficient (Wildman–Crippen LogP) is 2.78. The molecule has 0 aliphatic carbocycles. The van der Waals surface area contributed by atoms with E-state index in [-0.39, 0.29) is 11.7 Å². The fourth-order valence-electron chi connectivity index (χ4n) is 2.75. The van der Waals surface area contributed by atoms with Gasteiger partial charge in [-0.25, -0.2) is 9.59 Å². The van der Waals surface area contributed by atoms with E-state index >= 15 is 0 Å². The highest BCUT2D eigenvalue weighted by Crippen LogP contribution is 2.24. The van der Waals surface area contributed by atoms with E-state index in [4.69, 9.17) is 19.8 Å². The van der Waals surface area contributed by atoms with Gasteiger partial charge in [-0.2, -0.15) is 0 Å². The minimum Gasteiger partial charge on any atom is -0.473 e. The van der Waals surface area contributed by atoms with Gasteiger partial charge in [0.25, 0.3) is 0 Å². The van der Waals surface area contributed by atoms with Gasteiger partial charge in [0.15, 0.2) is 11.0 Å². The number of nitrogens with one attached hydrogen (secondary N) is 1. The Bertz CT molecular complexity index is 1130. The second kappa shape index (κ2) is 14.4. The summed E-state index contributed by atoms with van der Waals surface area (Å²) in [5.74, 6) is -2.64. The van der Waals surface area contributed by atoms with Gasteiger partial charge in [-0.1, -0.05) is 17.8 Å². The zero-order valence-corrected chi connectivity index (χ0v) is 22.1. The number of hydrogen-bond acceptors (Lipinski definition) is 8. The van der Waals surface area contributed by atoms with Crippen molar-refractivity contribution >= 4 is 57.9 Å². The van der Waals surface area contributed by atoms with Crippen molar-refractivity contribution in [1.82, 2.24) is 24.6 Å². The lowest BCUT2D eigenvalue weighted by Gasteiger charge is -2.13. The number of nitrogens with zero attached hydrogens (tertiary/aromatic N) is 5. The van der Waals surface area contributed by atoms with Gasteiger partial charge in [0.2, 0.25) is 5.91 Å². The van der Waals surface area contributed by atoms with Crippen LogP contribution in [0.5, 0.6) is 0 Å². The number of thioether (sulfide) groups is 1. The Kier molecular flexibility index (Phi) is 11.6. The summed E-state index contributed by atoms with van der Waals surface area (Å²) < 4.78 is 3.16. The first-order valence-corrected chi connectivity index (χ1v) is 12.4. The monoisotopic (exact) mass is 612 g/mol. The quantitative estimate of drug-likeness (QED) is 0.187. The Labute approximate surface area is 220 Å². The van der Waals surface area contributed by atoms with Crippen molar-refractivity contribution in [2.75, 3.05) is 31.7 Å². The number of carboxylic acids is 2. The molecule has 0 saturated heterocycles. The lowest BCUT2D eigenvalue weighted by Crippen LogP contribution is -2.16. The van der Waals surface area contributed by atoms with Crippen LogP contribution in [0.1, 0.15) is 6.42 Å². The molecule has 0 atom stereocenters. The van der Waals surface area contributed by atoms with Crippen molar-refractivity contribution in [1.29, 1.82) is 0 Å². The first-order chi connectivity index (χ1) is 16.7. The summed E-state index contributed by atoms with van der Waals surface area (Å²) in [4.78, 5) is 36.8. The number of carbonyl (C=O) groups excluding carboxylic acids is 1. The fraction of sp³-hybridized carbons (Fsp3) is 0.273. The van der Waals surface area contributed by atoms with Crippen LogP contribution in [-0.2, 0) is 20.9 Å². The molecule has 0 spiro atoms. The molecule has 2 heterocycles. The number of aliphatic carboxylic acids is 2. The first kappa shape index (κ1) is 28.2. The highest BCUT2D eigenvalue weighted by atomic mass is 127. The minimum absolute atomic E-state index is 0.0645. The summed E-state index contributed by atoms with van der Waals surface area (Å²) in [7, 11) is 4.11. The predicted molar refractivity (Wildman–Crippen MR) is 140 cm³/mol. The van der Waals surface area contributed by atoms with Crippen LogP contribution in [0.25, 0.3) is 11.4 Å². The van der Waals surface area contributed by atoms with E-state index in [1.165, 1.54) is 11.8 Å². The molecule has 0 fully saturated rings. The third kappa shape index (κ3) is 10.00. The van der Waals surface area contributed by atoms with Crippen molar-refractivity contribution < 1.29 is 24.6 Å².